The van der Waals surface area contributed by atoms with E-state index in [4.69, 9.17) is 0 Å². The molecule has 0 spiro atoms. The highest BCUT2D eigenvalue weighted by molar-refractivity contribution is 6.24. The van der Waals surface area contributed by atoms with Crippen LogP contribution in [0.25, 0.3) is 16.9 Å². The summed E-state index contributed by atoms with van der Waals surface area (Å²) in [6.45, 7) is 12.3. The number of aryl methyl sites for hydroxylation is 2. The van der Waals surface area contributed by atoms with Gasteiger partial charge < -0.3 is 20.4 Å². The lowest BCUT2D eigenvalue weighted by atomic mass is 9.43. The molecule has 4 N–H and O–H groups in total. The molecule has 0 saturated heterocycles. The molecule has 1 unspecified atom stereocenters. The van der Waals surface area contributed by atoms with Gasteiger partial charge in [0.1, 0.15) is 22.8 Å². The third kappa shape index (κ3) is 3.74. The summed E-state index contributed by atoms with van der Waals surface area (Å²) in [7, 11) is 0. The number of Topliss-reactive ketones (excluding diaryl/α,β-unsaturated/α-hetero) is 3. The van der Waals surface area contributed by atoms with Gasteiger partial charge in [-0.15, -0.1) is 0 Å². The first-order valence-electron chi connectivity index (χ1n) is 15.7. The summed E-state index contributed by atoms with van der Waals surface area (Å²) in [4.78, 5) is 41.0. The predicted octanol–water partition coefficient (Wildman–Crippen LogP) is 6.47. The van der Waals surface area contributed by atoms with Crippen molar-refractivity contribution in [1.82, 2.24) is 0 Å². The summed E-state index contributed by atoms with van der Waals surface area (Å²) < 4.78 is 0. The second kappa shape index (κ2) is 9.64. The molecule has 232 valence electrons. The third-order valence-electron chi connectivity index (χ3n) is 11.1. The standard InChI is InChI=1S/C37H42O7/c1-17(2)23-14-24(22-12-11-20-9-8-10-21(20)13-22)30(39)27-25(23)15-35(6)16-36(7)28(18(3)4)31(40)26(19(5)38)33(42)37(36,44)34(43)29(35)32(27)41/h11-14,17-18,28,39,41-42,44H,8-10,15-16H2,1-7H3/t28?,35-,36-,37+/m1/s1. The SMILES string of the molecule is CC(=O)C1=C(O)[C@]2(O)C(=O)C3=C(O)c4c(O)c(-c5ccc6c(c5)CCC6)cc(C(C)C)c4C[C@]3(C)C[C@]2(C)C(C(C)C)C1=O. The smallest absolute Gasteiger partial charge is 0.203 e. The fourth-order valence-electron chi connectivity index (χ4n) is 9.29. The Morgan fingerprint density at radius 3 is 2.25 bits per heavy atom. The molecule has 0 bridgehead atoms. The zero-order valence-corrected chi connectivity index (χ0v) is 26.6. The molecule has 7 heteroatoms. The Hall–Kier alpha value is -3.71. The van der Waals surface area contributed by atoms with Crippen LogP contribution < -0.4 is 0 Å². The molecule has 0 aromatic heterocycles. The lowest BCUT2D eigenvalue weighted by Crippen LogP contribution is -2.69. The van der Waals surface area contributed by atoms with Crippen molar-refractivity contribution in [3.63, 3.8) is 0 Å². The lowest BCUT2D eigenvalue weighted by Gasteiger charge is -2.60. The number of benzene rings is 2. The lowest BCUT2D eigenvalue weighted by molar-refractivity contribution is -0.178. The number of hydrogen-bond acceptors (Lipinski definition) is 7. The van der Waals surface area contributed by atoms with E-state index in [1.807, 2.05) is 32.9 Å². The average molecular weight is 599 g/mol. The van der Waals surface area contributed by atoms with Gasteiger partial charge in [0, 0.05) is 27.9 Å². The number of carbonyl (C=O) groups is 3. The van der Waals surface area contributed by atoms with Crippen LogP contribution in [-0.4, -0.2) is 43.4 Å². The molecule has 4 aliphatic carbocycles. The number of carbonyl (C=O) groups excluding carboxylic acids is 3. The summed E-state index contributed by atoms with van der Waals surface area (Å²) in [6, 6.07) is 8.12. The van der Waals surface area contributed by atoms with Gasteiger partial charge in [-0.1, -0.05) is 59.7 Å². The van der Waals surface area contributed by atoms with Crippen molar-refractivity contribution in [2.45, 2.75) is 92.1 Å². The van der Waals surface area contributed by atoms with Gasteiger partial charge in [-0.25, -0.2) is 0 Å². The number of phenolic OH excluding ortho intramolecular Hbond substituents is 1. The van der Waals surface area contributed by atoms with Crippen molar-refractivity contribution in [3.05, 3.63) is 69.0 Å². The van der Waals surface area contributed by atoms with Crippen LogP contribution in [-0.2, 0) is 33.6 Å². The maximum atomic E-state index is 14.6. The molecular formula is C37H42O7. The Kier molecular flexibility index (Phi) is 6.65. The maximum Gasteiger partial charge on any atom is 0.203 e. The molecule has 2 aromatic rings. The molecule has 1 fully saturated rings. The number of aromatic hydroxyl groups is 1. The third-order valence-corrected chi connectivity index (χ3v) is 11.1. The Balaban J connectivity index is 1.64. The van der Waals surface area contributed by atoms with Crippen molar-refractivity contribution >= 4 is 23.1 Å². The quantitative estimate of drug-likeness (QED) is 0.297. The van der Waals surface area contributed by atoms with Crippen molar-refractivity contribution in [1.29, 1.82) is 0 Å². The van der Waals surface area contributed by atoms with Crippen molar-refractivity contribution in [3.8, 4) is 16.9 Å². The Labute approximate surface area is 258 Å². The van der Waals surface area contributed by atoms with Crippen molar-refractivity contribution < 1.29 is 34.8 Å². The van der Waals surface area contributed by atoms with Gasteiger partial charge in [0.2, 0.25) is 5.78 Å². The molecule has 2 aromatic carbocycles. The zero-order chi connectivity index (χ0) is 32.3. The zero-order valence-electron chi connectivity index (χ0n) is 26.6. The number of rotatable bonds is 4. The topological polar surface area (TPSA) is 132 Å². The number of fused-ring (bicyclic) bond motifs is 4. The molecule has 7 nitrogen and oxygen atoms in total. The molecule has 0 heterocycles. The van der Waals surface area contributed by atoms with Gasteiger partial charge in [0.15, 0.2) is 17.2 Å². The summed E-state index contributed by atoms with van der Waals surface area (Å²) in [5.41, 5.74) is -0.0993. The Morgan fingerprint density at radius 1 is 0.977 bits per heavy atom. The van der Waals surface area contributed by atoms with Crippen LogP contribution in [0, 0.1) is 22.7 Å². The number of allylic oxidation sites excluding steroid dienone is 1. The average Bonchev–Trinajstić information content (AvgIpc) is 3.38. The second-order valence-electron chi connectivity index (χ2n) is 14.7. The largest absolute Gasteiger partial charge is 0.508 e. The van der Waals surface area contributed by atoms with Gasteiger partial charge in [-0.3, -0.25) is 14.4 Å². The maximum absolute atomic E-state index is 14.6. The number of aliphatic hydroxyl groups excluding tert-OH is 2. The molecular weight excluding hydrogens is 556 g/mol. The highest BCUT2D eigenvalue weighted by Gasteiger charge is 2.72. The second-order valence-corrected chi connectivity index (χ2v) is 14.7. The Bertz CT molecular complexity index is 1740. The van der Waals surface area contributed by atoms with E-state index in [1.165, 1.54) is 11.1 Å². The monoisotopic (exact) mass is 598 g/mol. The molecule has 4 atom stereocenters. The van der Waals surface area contributed by atoms with E-state index in [1.54, 1.807) is 20.8 Å². The van der Waals surface area contributed by atoms with E-state index in [-0.39, 0.29) is 41.6 Å². The van der Waals surface area contributed by atoms with Crippen LogP contribution in [0.4, 0.5) is 0 Å². The van der Waals surface area contributed by atoms with Gasteiger partial charge in [0.05, 0.1) is 5.56 Å². The normalized spacial score (nSPS) is 29.6. The van der Waals surface area contributed by atoms with E-state index in [0.29, 0.717) is 5.56 Å². The molecule has 0 aliphatic heterocycles. The number of aliphatic hydroxyl groups is 3. The van der Waals surface area contributed by atoms with Crippen LogP contribution in [0.1, 0.15) is 95.0 Å². The summed E-state index contributed by atoms with van der Waals surface area (Å²) >= 11 is 0. The fourth-order valence-corrected chi connectivity index (χ4v) is 9.29. The van der Waals surface area contributed by atoms with Gasteiger partial charge in [0.25, 0.3) is 0 Å². The van der Waals surface area contributed by atoms with E-state index in [2.05, 4.69) is 12.1 Å². The van der Waals surface area contributed by atoms with E-state index in [9.17, 15) is 34.8 Å². The van der Waals surface area contributed by atoms with Gasteiger partial charge >= 0.3 is 0 Å². The van der Waals surface area contributed by atoms with Crippen molar-refractivity contribution in [2.24, 2.45) is 22.7 Å². The van der Waals surface area contributed by atoms with Gasteiger partial charge in [-0.2, -0.15) is 0 Å². The molecule has 6 rings (SSSR count). The van der Waals surface area contributed by atoms with E-state index >= 15 is 0 Å². The van der Waals surface area contributed by atoms with Crippen LogP contribution >= 0.6 is 0 Å². The van der Waals surface area contributed by atoms with Crippen LogP contribution in [0.5, 0.6) is 5.75 Å². The number of ketones is 3. The minimum absolute atomic E-state index is 0.0204. The molecule has 44 heavy (non-hydrogen) atoms. The van der Waals surface area contributed by atoms with Gasteiger partial charge in [-0.05, 0) is 84.7 Å². The molecule has 0 radical (unpaired) electrons. The molecule has 0 amide bonds. The number of phenols is 1. The molecule has 1 saturated carbocycles. The highest BCUT2D eigenvalue weighted by Crippen LogP contribution is 2.65. The van der Waals surface area contributed by atoms with Crippen LogP contribution in [0.3, 0.4) is 0 Å². The highest BCUT2D eigenvalue weighted by atomic mass is 16.3. The first-order valence-corrected chi connectivity index (χ1v) is 15.7. The Morgan fingerprint density at radius 2 is 1.64 bits per heavy atom. The van der Waals surface area contributed by atoms with Crippen LogP contribution in [0.15, 0.2) is 41.2 Å². The number of hydrogen-bond donors (Lipinski definition) is 4. The van der Waals surface area contributed by atoms with Crippen molar-refractivity contribution in [2.75, 3.05) is 0 Å². The summed E-state index contributed by atoms with van der Waals surface area (Å²) in [5.74, 6) is -5.08. The minimum Gasteiger partial charge on any atom is -0.508 e. The first kappa shape index (κ1) is 30.3. The first-order chi connectivity index (χ1) is 20.5. The van der Waals surface area contributed by atoms with E-state index < -0.39 is 56.8 Å². The van der Waals surface area contributed by atoms with E-state index in [0.717, 1.165) is 42.9 Å². The summed E-state index contributed by atoms with van der Waals surface area (Å²) in [5, 5.41) is 47.6. The predicted molar refractivity (Wildman–Crippen MR) is 167 cm³/mol. The summed E-state index contributed by atoms with van der Waals surface area (Å²) in [6.07, 6.45) is 3.42. The van der Waals surface area contributed by atoms with Crippen LogP contribution in [0.2, 0.25) is 0 Å². The minimum atomic E-state index is -2.62. The fraction of sp³-hybridized carbons (Fsp3) is 0.486. The molecule has 4 aliphatic rings.